The van der Waals surface area contributed by atoms with Crippen LogP contribution in [0.2, 0.25) is 0 Å². The first-order chi connectivity index (χ1) is 8.83. The number of para-hydroxylation sites is 2. The first-order valence-electron chi connectivity index (χ1n) is 6.62. The molecule has 0 radical (unpaired) electrons. The van der Waals surface area contributed by atoms with Crippen molar-refractivity contribution >= 4 is 11.0 Å². The molecule has 0 amide bonds. The van der Waals surface area contributed by atoms with Gasteiger partial charge in [-0.1, -0.05) is 12.1 Å². The highest BCUT2D eigenvalue weighted by molar-refractivity contribution is 5.74. The molecular formula is C14H19N3O. The molecule has 3 rings (SSSR count). The van der Waals surface area contributed by atoms with Gasteiger partial charge in [0.1, 0.15) is 5.82 Å². The molecule has 0 saturated carbocycles. The standard InChI is InChI=1S/C14H19N3O/c1-10(15-9-11-5-4-8-18-11)14-16-12-6-2-3-7-13(12)17-14/h2-3,6-7,10-11,15H,4-5,8-9H2,1H3,(H,16,17). The van der Waals surface area contributed by atoms with E-state index in [9.17, 15) is 0 Å². The fraction of sp³-hybridized carbons (Fsp3) is 0.500. The summed E-state index contributed by atoms with van der Waals surface area (Å²) in [6.45, 7) is 3.94. The number of rotatable bonds is 4. The fourth-order valence-electron chi connectivity index (χ4n) is 2.39. The van der Waals surface area contributed by atoms with Crippen molar-refractivity contribution in [2.45, 2.75) is 31.9 Å². The molecule has 1 fully saturated rings. The van der Waals surface area contributed by atoms with Crippen LogP contribution in [-0.2, 0) is 4.74 Å². The van der Waals surface area contributed by atoms with Crippen LogP contribution in [-0.4, -0.2) is 29.2 Å². The Labute approximate surface area is 107 Å². The summed E-state index contributed by atoms with van der Waals surface area (Å²) in [5.41, 5.74) is 2.12. The molecule has 0 aliphatic carbocycles. The molecule has 96 valence electrons. The number of hydrogen-bond acceptors (Lipinski definition) is 3. The van der Waals surface area contributed by atoms with Crippen molar-refractivity contribution in [2.75, 3.05) is 13.2 Å². The van der Waals surface area contributed by atoms with Gasteiger partial charge in [-0.15, -0.1) is 0 Å². The van der Waals surface area contributed by atoms with Crippen LogP contribution in [0.5, 0.6) is 0 Å². The van der Waals surface area contributed by atoms with Gasteiger partial charge in [-0.05, 0) is 31.9 Å². The number of fused-ring (bicyclic) bond motifs is 1. The average molecular weight is 245 g/mol. The van der Waals surface area contributed by atoms with Crippen LogP contribution in [0.3, 0.4) is 0 Å². The average Bonchev–Trinajstić information content (AvgIpc) is 3.04. The van der Waals surface area contributed by atoms with Crippen molar-refractivity contribution in [2.24, 2.45) is 0 Å². The Morgan fingerprint density at radius 2 is 2.39 bits per heavy atom. The zero-order valence-corrected chi connectivity index (χ0v) is 10.6. The van der Waals surface area contributed by atoms with E-state index in [1.165, 1.54) is 12.8 Å². The highest BCUT2D eigenvalue weighted by atomic mass is 16.5. The maximum atomic E-state index is 5.61. The van der Waals surface area contributed by atoms with E-state index in [-0.39, 0.29) is 6.04 Å². The van der Waals surface area contributed by atoms with Crippen molar-refractivity contribution in [3.05, 3.63) is 30.1 Å². The molecule has 1 aliphatic heterocycles. The molecule has 1 aromatic carbocycles. The molecule has 1 aliphatic rings. The van der Waals surface area contributed by atoms with Crippen molar-refractivity contribution in [3.8, 4) is 0 Å². The first kappa shape index (κ1) is 11.7. The van der Waals surface area contributed by atoms with Gasteiger partial charge < -0.3 is 15.0 Å². The summed E-state index contributed by atoms with van der Waals surface area (Å²) in [5.74, 6) is 0.995. The first-order valence-corrected chi connectivity index (χ1v) is 6.62. The maximum Gasteiger partial charge on any atom is 0.124 e. The number of imidazole rings is 1. The summed E-state index contributed by atoms with van der Waals surface area (Å²) in [5, 5.41) is 3.48. The Kier molecular flexibility index (Phi) is 3.30. The topological polar surface area (TPSA) is 49.9 Å². The minimum Gasteiger partial charge on any atom is -0.377 e. The number of hydrogen-bond donors (Lipinski definition) is 2. The van der Waals surface area contributed by atoms with E-state index in [0.717, 1.165) is 30.0 Å². The fourth-order valence-corrected chi connectivity index (χ4v) is 2.39. The van der Waals surface area contributed by atoms with Crippen LogP contribution in [0.25, 0.3) is 11.0 Å². The highest BCUT2D eigenvalue weighted by Crippen LogP contribution is 2.16. The van der Waals surface area contributed by atoms with E-state index in [4.69, 9.17) is 4.74 Å². The van der Waals surface area contributed by atoms with Gasteiger partial charge in [0.2, 0.25) is 0 Å². The number of nitrogens with one attached hydrogen (secondary N) is 2. The van der Waals surface area contributed by atoms with E-state index in [1.807, 2.05) is 18.2 Å². The SMILES string of the molecule is CC(NCC1CCCO1)c1nc2ccccc2[nH]1. The Morgan fingerprint density at radius 1 is 1.50 bits per heavy atom. The normalized spacial score (nSPS) is 21.5. The van der Waals surface area contributed by atoms with Gasteiger partial charge in [0.05, 0.1) is 23.2 Å². The molecule has 2 heterocycles. The molecule has 0 spiro atoms. The molecule has 2 N–H and O–H groups in total. The Hall–Kier alpha value is -1.39. The van der Waals surface area contributed by atoms with E-state index in [1.54, 1.807) is 0 Å². The molecule has 1 saturated heterocycles. The second-order valence-electron chi connectivity index (χ2n) is 4.90. The van der Waals surface area contributed by atoms with Crippen LogP contribution in [0.1, 0.15) is 31.6 Å². The number of H-pyrrole nitrogens is 1. The van der Waals surface area contributed by atoms with Gasteiger partial charge in [0.25, 0.3) is 0 Å². The Morgan fingerprint density at radius 3 is 3.17 bits per heavy atom. The van der Waals surface area contributed by atoms with Crippen LogP contribution in [0.4, 0.5) is 0 Å². The predicted octanol–water partition coefficient (Wildman–Crippen LogP) is 2.39. The molecule has 0 bridgehead atoms. The molecule has 4 nitrogen and oxygen atoms in total. The van der Waals surface area contributed by atoms with Crippen molar-refractivity contribution < 1.29 is 4.74 Å². The largest absolute Gasteiger partial charge is 0.377 e. The summed E-state index contributed by atoms with van der Waals surface area (Å²) < 4.78 is 5.61. The molecule has 1 aromatic heterocycles. The van der Waals surface area contributed by atoms with Crippen LogP contribution in [0.15, 0.2) is 24.3 Å². The van der Waals surface area contributed by atoms with E-state index in [2.05, 4.69) is 28.3 Å². The molecule has 18 heavy (non-hydrogen) atoms. The third kappa shape index (κ3) is 2.40. The van der Waals surface area contributed by atoms with Crippen LogP contribution >= 0.6 is 0 Å². The highest BCUT2D eigenvalue weighted by Gasteiger charge is 2.17. The molecular weight excluding hydrogens is 226 g/mol. The second-order valence-corrected chi connectivity index (χ2v) is 4.90. The number of aromatic amines is 1. The molecule has 2 atom stereocenters. The minimum absolute atomic E-state index is 0.224. The smallest absolute Gasteiger partial charge is 0.124 e. The lowest BCUT2D eigenvalue weighted by atomic mass is 10.2. The minimum atomic E-state index is 0.224. The zero-order valence-electron chi connectivity index (χ0n) is 10.6. The van der Waals surface area contributed by atoms with Gasteiger partial charge >= 0.3 is 0 Å². The Balaban J connectivity index is 1.65. The quantitative estimate of drug-likeness (QED) is 0.869. The van der Waals surface area contributed by atoms with Gasteiger partial charge in [0, 0.05) is 13.2 Å². The summed E-state index contributed by atoms with van der Waals surface area (Å²) in [4.78, 5) is 7.96. The lowest BCUT2D eigenvalue weighted by Gasteiger charge is -2.15. The third-order valence-electron chi connectivity index (χ3n) is 3.49. The molecule has 2 aromatic rings. The Bertz CT molecular complexity index is 483. The zero-order chi connectivity index (χ0) is 12.4. The molecule has 4 heteroatoms. The van der Waals surface area contributed by atoms with Crippen molar-refractivity contribution in [3.63, 3.8) is 0 Å². The monoisotopic (exact) mass is 245 g/mol. The van der Waals surface area contributed by atoms with E-state index >= 15 is 0 Å². The van der Waals surface area contributed by atoms with Crippen LogP contribution in [0, 0.1) is 0 Å². The summed E-state index contributed by atoms with van der Waals surface area (Å²) in [6, 6.07) is 8.34. The number of ether oxygens (including phenoxy) is 1. The summed E-state index contributed by atoms with van der Waals surface area (Å²) >= 11 is 0. The number of nitrogens with zero attached hydrogens (tertiary/aromatic N) is 1. The predicted molar refractivity (Wildman–Crippen MR) is 71.5 cm³/mol. The lowest BCUT2D eigenvalue weighted by Crippen LogP contribution is -2.29. The third-order valence-corrected chi connectivity index (χ3v) is 3.49. The summed E-state index contributed by atoms with van der Waals surface area (Å²) in [7, 11) is 0. The second kappa shape index (κ2) is 5.08. The van der Waals surface area contributed by atoms with Gasteiger partial charge in [0.15, 0.2) is 0 Å². The number of aromatic nitrogens is 2. The van der Waals surface area contributed by atoms with E-state index < -0.39 is 0 Å². The number of benzene rings is 1. The lowest BCUT2D eigenvalue weighted by molar-refractivity contribution is 0.108. The maximum absolute atomic E-state index is 5.61. The summed E-state index contributed by atoms with van der Waals surface area (Å²) in [6.07, 6.45) is 2.72. The molecule has 2 unspecified atom stereocenters. The van der Waals surface area contributed by atoms with E-state index in [0.29, 0.717) is 6.10 Å². The van der Waals surface area contributed by atoms with Crippen molar-refractivity contribution in [1.29, 1.82) is 0 Å². The van der Waals surface area contributed by atoms with Gasteiger partial charge in [-0.25, -0.2) is 4.98 Å². The van der Waals surface area contributed by atoms with Crippen LogP contribution < -0.4 is 5.32 Å². The van der Waals surface area contributed by atoms with Gasteiger partial charge in [-0.2, -0.15) is 0 Å². The van der Waals surface area contributed by atoms with Crippen molar-refractivity contribution in [1.82, 2.24) is 15.3 Å². The van der Waals surface area contributed by atoms with Gasteiger partial charge in [-0.3, -0.25) is 0 Å².